The van der Waals surface area contributed by atoms with E-state index in [1.54, 1.807) is 23.5 Å². The average Bonchev–Trinajstić information content (AvgIpc) is 3.13. The Bertz CT molecular complexity index is 927. The van der Waals surface area contributed by atoms with Crippen LogP contribution in [0.4, 0.5) is 0 Å². The quantitative estimate of drug-likeness (QED) is 0.172. The lowest BCUT2D eigenvalue weighted by Crippen LogP contribution is -2.03. The van der Waals surface area contributed by atoms with E-state index >= 15 is 0 Å². The topological polar surface area (TPSA) is 39.9 Å². The molecular formula is C23H26ClN3OS2. The molecule has 0 atom stereocenters. The Morgan fingerprint density at radius 3 is 2.53 bits per heavy atom. The van der Waals surface area contributed by atoms with Gasteiger partial charge in [0.15, 0.2) is 5.16 Å². The fourth-order valence-electron chi connectivity index (χ4n) is 2.72. The van der Waals surface area contributed by atoms with Crippen molar-refractivity contribution in [2.45, 2.75) is 42.1 Å². The maximum atomic E-state index is 5.89. The first kappa shape index (κ1) is 22.8. The highest BCUT2D eigenvalue weighted by molar-refractivity contribution is 7.99. The van der Waals surface area contributed by atoms with Gasteiger partial charge in [-0.2, -0.15) is 0 Å². The molecule has 1 aromatic heterocycles. The molecule has 0 saturated carbocycles. The zero-order chi connectivity index (χ0) is 21.2. The molecule has 0 bridgehead atoms. The van der Waals surface area contributed by atoms with Gasteiger partial charge in [0.25, 0.3) is 0 Å². The maximum absolute atomic E-state index is 5.89. The molecule has 3 rings (SSSR count). The molecule has 0 N–H and O–H groups in total. The summed E-state index contributed by atoms with van der Waals surface area (Å²) >= 11 is 9.40. The molecule has 1 heterocycles. The first-order chi connectivity index (χ1) is 14.7. The first-order valence-corrected chi connectivity index (χ1v) is 12.2. The number of thioether (sulfide) groups is 2. The molecule has 0 amide bonds. The molecule has 0 unspecified atom stereocenters. The summed E-state index contributed by atoms with van der Waals surface area (Å²) in [5.41, 5.74) is 1.27. The summed E-state index contributed by atoms with van der Waals surface area (Å²) in [4.78, 5) is 1.24. The molecule has 2 aromatic carbocycles. The standard InChI is InChI=1S/C23H26ClN3OS2/c1-3-14-27-22(17-30-21-12-6-18(2)7-13-21)25-26-23(27)29-16-5-4-15-28-20-10-8-19(24)9-11-20/h3,6-13H,1,4-5,14-17H2,2H3. The summed E-state index contributed by atoms with van der Waals surface area (Å²) in [6.45, 7) is 7.40. The number of aromatic nitrogens is 3. The van der Waals surface area contributed by atoms with E-state index in [0.717, 1.165) is 52.6 Å². The van der Waals surface area contributed by atoms with E-state index in [1.807, 2.05) is 30.3 Å². The molecular weight excluding hydrogens is 434 g/mol. The van der Waals surface area contributed by atoms with Crippen molar-refractivity contribution in [1.82, 2.24) is 14.8 Å². The second-order valence-corrected chi connectivity index (χ2v) is 9.31. The van der Waals surface area contributed by atoms with E-state index in [-0.39, 0.29) is 0 Å². The average molecular weight is 460 g/mol. The van der Waals surface area contributed by atoms with Crippen LogP contribution in [0.1, 0.15) is 24.2 Å². The number of aryl methyl sites for hydroxylation is 1. The molecule has 30 heavy (non-hydrogen) atoms. The first-order valence-electron chi connectivity index (χ1n) is 9.89. The zero-order valence-electron chi connectivity index (χ0n) is 17.1. The van der Waals surface area contributed by atoms with Crippen LogP contribution in [-0.4, -0.2) is 27.1 Å². The van der Waals surface area contributed by atoms with Gasteiger partial charge in [-0.1, -0.05) is 47.1 Å². The third kappa shape index (κ3) is 7.11. The van der Waals surface area contributed by atoms with Gasteiger partial charge in [-0.15, -0.1) is 28.5 Å². The van der Waals surface area contributed by atoms with Gasteiger partial charge in [0.2, 0.25) is 0 Å². The number of hydrogen-bond acceptors (Lipinski definition) is 5. The minimum atomic E-state index is 0.694. The number of allylic oxidation sites excluding steroid dienone is 1. The summed E-state index contributed by atoms with van der Waals surface area (Å²) in [7, 11) is 0. The van der Waals surface area contributed by atoms with E-state index in [9.17, 15) is 0 Å². The van der Waals surface area contributed by atoms with Gasteiger partial charge in [0, 0.05) is 22.2 Å². The van der Waals surface area contributed by atoms with Crippen molar-refractivity contribution >= 4 is 35.1 Å². The van der Waals surface area contributed by atoms with Crippen LogP contribution in [0.5, 0.6) is 5.75 Å². The molecule has 0 spiro atoms. The molecule has 4 nitrogen and oxygen atoms in total. The Morgan fingerprint density at radius 1 is 1.03 bits per heavy atom. The van der Waals surface area contributed by atoms with Gasteiger partial charge < -0.3 is 9.30 Å². The van der Waals surface area contributed by atoms with Gasteiger partial charge in [-0.3, -0.25) is 0 Å². The second kappa shape index (κ2) is 12.1. The van der Waals surface area contributed by atoms with Gasteiger partial charge in [0.1, 0.15) is 11.6 Å². The van der Waals surface area contributed by atoms with Crippen LogP contribution in [0.15, 0.2) is 71.2 Å². The number of nitrogens with zero attached hydrogens (tertiary/aromatic N) is 3. The Labute approximate surface area is 192 Å². The van der Waals surface area contributed by atoms with Gasteiger partial charge >= 0.3 is 0 Å². The Morgan fingerprint density at radius 2 is 1.80 bits per heavy atom. The highest BCUT2D eigenvalue weighted by atomic mass is 35.5. The fraction of sp³-hybridized carbons (Fsp3) is 0.304. The molecule has 0 aliphatic carbocycles. The van der Waals surface area contributed by atoms with E-state index in [4.69, 9.17) is 16.3 Å². The lowest BCUT2D eigenvalue weighted by Gasteiger charge is -2.08. The van der Waals surface area contributed by atoms with Crippen LogP contribution in [-0.2, 0) is 12.3 Å². The highest BCUT2D eigenvalue weighted by Gasteiger charge is 2.12. The summed E-state index contributed by atoms with van der Waals surface area (Å²) in [6, 6.07) is 16.0. The van der Waals surface area contributed by atoms with E-state index in [0.29, 0.717) is 6.61 Å². The number of halogens is 1. The minimum Gasteiger partial charge on any atom is -0.494 e. The van der Waals surface area contributed by atoms with Crippen molar-refractivity contribution in [1.29, 1.82) is 0 Å². The Hall–Kier alpha value is -1.89. The number of rotatable bonds is 12. The predicted octanol–water partition coefficient (Wildman–Crippen LogP) is 6.67. The molecule has 0 saturated heterocycles. The summed E-state index contributed by atoms with van der Waals surface area (Å²) < 4.78 is 7.90. The van der Waals surface area contributed by atoms with Crippen molar-refractivity contribution < 1.29 is 4.74 Å². The molecule has 0 aliphatic heterocycles. The normalized spacial score (nSPS) is 10.9. The van der Waals surface area contributed by atoms with Crippen molar-refractivity contribution in [3.8, 4) is 5.75 Å². The number of benzene rings is 2. The fourth-order valence-corrected chi connectivity index (χ4v) is 4.64. The Kier molecular flexibility index (Phi) is 9.18. The van der Waals surface area contributed by atoms with E-state index in [1.165, 1.54) is 10.5 Å². The molecule has 158 valence electrons. The van der Waals surface area contributed by atoms with E-state index in [2.05, 4.69) is 52.5 Å². The third-order valence-corrected chi connectivity index (χ3v) is 6.66. The predicted molar refractivity (Wildman–Crippen MR) is 128 cm³/mol. The van der Waals surface area contributed by atoms with Crippen LogP contribution in [0.2, 0.25) is 5.02 Å². The largest absolute Gasteiger partial charge is 0.494 e. The van der Waals surface area contributed by atoms with E-state index < -0.39 is 0 Å². The van der Waals surface area contributed by atoms with Gasteiger partial charge in [-0.25, -0.2) is 0 Å². The van der Waals surface area contributed by atoms with Crippen LogP contribution in [0.25, 0.3) is 0 Å². The van der Waals surface area contributed by atoms with Crippen LogP contribution in [0, 0.1) is 6.92 Å². The number of hydrogen-bond donors (Lipinski definition) is 0. The second-order valence-electron chi connectivity index (χ2n) is 6.76. The summed E-state index contributed by atoms with van der Waals surface area (Å²) in [5, 5.41) is 10.5. The summed E-state index contributed by atoms with van der Waals surface area (Å²) in [5.74, 6) is 3.60. The van der Waals surface area contributed by atoms with Crippen molar-refractivity contribution in [3.05, 3.63) is 77.6 Å². The minimum absolute atomic E-state index is 0.694. The highest BCUT2D eigenvalue weighted by Crippen LogP contribution is 2.25. The molecule has 0 fully saturated rings. The number of unbranched alkanes of at least 4 members (excludes halogenated alkanes) is 1. The molecule has 0 aliphatic rings. The smallest absolute Gasteiger partial charge is 0.191 e. The van der Waals surface area contributed by atoms with Crippen LogP contribution in [0.3, 0.4) is 0 Å². The van der Waals surface area contributed by atoms with Crippen molar-refractivity contribution in [3.63, 3.8) is 0 Å². The SMILES string of the molecule is C=CCn1c(CSc2ccc(C)cc2)nnc1SCCCCOc1ccc(Cl)cc1. The maximum Gasteiger partial charge on any atom is 0.191 e. The van der Waals surface area contributed by atoms with Gasteiger partial charge in [0.05, 0.1) is 12.4 Å². The molecule has 3 aromatic rings. The molecule has 0 radical (unpaired) electrons. The number of ether oxygens (including phenoxy) is 1. The zero-order valence-corrected chi connectivity index (χ0v) is 19.5. The monoisotopic (exact) mass is 459 g/mol. The van der Waals surface area contributed by atoms with Gasteiger partial charge in [-0.05, 0) is 56.2 Å². The van der Waals surface area contributed by atoms with Crippen molar-refractivity contribution in [2.75, 3.05) is 12.4 Å². The third-order valence-electron chi connectivity index (χ3n) is 4.35. The van der Waals surface area contributed by atoms with Crippen LogP contribution < -0.4 is 4.74 Å². The Balaban J connectivity index is 1.44. The lowest BCUT2D eigenvalue weighted by atomic mass is 10.2. The lowest BCUT2D eigenvalue weighted by molar-refractivity contribution is 0.310. The summed E-state index contributed by atoms with van der Waals surface area (Å²) in [6.07, 6.45) is 3.93. The van der Waals surface area contributed by atoms with Crippen molar-refractivity contribution in [2.24, 2.45) is 0 Å². The van der Waals surface area contributed by atoms with Crippen LogP contribution >= 0.6 is 35.1 Å². The molecule has 7 heteroatoms.